The van der Waals surface area contributed by atoms with Gasteiger partial charge in [0.05, 0.1) is 6.61 Å². The highest BCUT2D eigenvalue weighted by Crippen LogP contribution is 2.36. The summed E-state index contributed by atoms with van der Waals surface area (Å²) in [6.07, 6.45) is 0. The van der Waals surface area contributed by atoms with Gasteiger partial charge in [0.15, 0.2) is 0 Å². The molecule has 0 aromatic heterocycles. The molecule has 2 rings (SSSR count). The molecule has 0 saturated heterocycles. The van der Waals surface area contributed by atoms with E-state index >= 15 is 0 Å². The van der Waals surface area contributed by atoms with Crippen molar-refractivity contribution in [1.82, 2.24) is 0 Å². The maximum Gasteiger partial charge on any atom is 0.394 e. The minimum absolute atomic E-state index is 0.348. The van der Waals surface area contributed by atoms with Crippen LogP contribution in [0.4, 0.5) is 0 Å². The standard InChI is InChI=1S/C19H25O3P/c1-14(2)16-10-11-17(19(12-16)15(3)4)13-21-23(20)22-18-8-6-5-7-9-18/h5-12,14-15,20H,13H2,1-4H3. The van der Waals surface area contributed by atoms with Crippen molar-refractivity contribution in [3.8, 4) is 5.75 Å². The molecule has 0 aliphatic carbocycles. The van der Waals surface area contributed by atoms with Crippen LogP contribution in [0, 0.1) is 0 Å². The maximum absolute atomic E-state index is 9.96. The molecule has 1 N–H and O–H groups in total. The highest BCUT2D eigenvalue weighted by Gasteiger charge is 2.14. The summed E-state index contributed by atoms with van der Waals surface area (Å²) in [5.74, 6) is 1.52. The van der Waals surface area contributed by atoms with Crippen molar-refractivity contribution in [2.45, 2.75) is 46.1 Å². The van der Waals surface area contributed by atoms with E-state index in [9.17, 15) is 4.89 Å². The van der Waals surface area contributed by atoms with Crippen LogP contribution in [0.15, 0.2) is 48.5 Å². The molecule has 0 radical (unpaired) electrons. The Morgan fingerprint density at radius 2 is 1.65 bits per heavy atom. The summed E-state index contributed by atoms with van der Waals surface area (Å²) >= 11 is 0. The zero-order valence-electron chi connectivity index (χ0n) is 14.2. The molecule has 4 heteroatoms. The third-order valence-corrected chi connectivity index (χ3v) is 4.43. The lowest BCUT2D eigenvalue weighted by Gasteiger charge is -2.17. The fourth-order valence-corrected chi connectivity index (χ4v) is 2.97. The van der Waals surface area contributed by atoms with Crippen LogP contribution < -0.4 is 4.52 Å². The van der Waals surface area contributed by atoms with Gasteiger partial charge in [0, 0.05) is 0 Å². The molecule has 0 bridgehead atoms. The van der Waals surface area contributed by atoms with Gasteiger partial charge in [-0.05, 0) is 40.7 Å². The van der Waals surface area contributed by atoms with Crippen LogP contribution in [0.25, 0.3) is 0 Å². The van der Waals surface area contributed by atoms with Crippen LogP contribution in [0.5, 0.6) is 5.75 Å². The number of benzene rings is 2. The van der Waals surface area contributed by atoms with Gasteiger partial charge in [0.2, 0.25) is 0 Å². The van der Waals surface area contributed by atoms with Gasteiger partial charge in [-0.15, -0.1) is 0 Å². The van der Waals surface area contributed by atoms with Gasteiger partial charge in [-0.2, -0.15) is 0 Å². The molecule has 0 aliphatic heterocycles. The molecule has 0 amide bonds. The molecule has 23 heavy (non-hydrogen) atoms. The highest BCUT2D eigenvalue weighted by molar-refractivity contribution is 7.41. The van der Waals surface area contributed by atoms with Gasteiger partial charge in [0.25, 0.3) is 0 Å². The summed E-state index contributed by atoms with van der Waals surface area (Å²) in [5.41, 5.74) is 3.69. The summed E-state index contributed by atoms with van der Waals surface area (Å²) < 4.78 is 10.9. The Morgan fingerprint density at radius 3 is 2.26 bits per heavy atom. The van der Waals surface area contributed by atoms with Crippen molar-refractivity contribution in [3.05, 3.63) is 65.2 Å². The van der Waals surface area contributed by atoms with E-state index in [0.29, 0.717) is 24.2 Å². The molecule has 0 fully saturated rings. The van der Waals surface area contributed by atoms with Crippen molar-refractivity contribution < 1.29 is 13.9 Å². The van der Waals surface area contributed by atoms with Crippen LogP contribution in [-0.2, 0) is 11.1 Å². The number of hydrogen-bond donors (Lipinski definition) is 1. The zero-order valence-corrected chi connectivity index (χ0v) is 15.1. The smallest absolute Gasteiger partial charge is 0.394 e. The first-order chi connectivity index (χ1) is 11.0. The Labute approximate surface area is 140 Å². The maximum atomic E-state index is 9.96. The summed E-state index contributed by atoms with van der Waals surface area (Å²) in [6.45, 7) is 9.07. The highest BCUT2D eigenvalue weighted by atomic mass is 31.2. The molecule has 0 heterocycles. The van der Waals surface area contributed by atoms with Gasteiger partial charge >= 0.3 is 8.60 Å². The average molecular weight is 332 g/mol. The Hall–Kier alpha value is -1.41. The molecule has 0 saturated carbocycles. The quantitative estimate of drug-likeness (QED) is 0.656. The lowest BCUT2D eigenvalue weighted by Crippen LogP contribution is -2.01. The predicted octanol–water partition coefficient (Wildman–Crippen LogP) is 5.75. The monoisotopic (exact) mass is 332 g/mol. The van der Waals surface area contributed by atoms with Crippen LogP contribution in [0.1, 0.15) is 56.2 Å². The third kappa shape index (κ3) is 5.31. The molecule has 1 unspecified atom stereocenters. The largest absolute Gasteiger partial charge is 0.427 e. The number of rotatable bonds is 7. The first-order valence-corrected chi connectivity index (χ1v) is 9.08. The SMILES string of the molecule is CC(C)c1ccc(COP(O)Oc2ccccc2)c(C(C)C)c1. The van der Waals surface area contributed by atoms with Crippen molar-refractivity contribution >= 4 is 8.60 Å². The summed E-state index contributed by atoms with van der Waals surface area (Å²) in [4.78, 5) is 9.96. The summed E-state index contributed by atoms with van der Waals surface area (Å²) in [7, 11) is -1.93. The minimum atomic E-state index is -1.93. The normalized spacial score (nSPS) is 12.7. The van der Waals surface area contributed by atoms with Gasteiger partial charge in [-0.25, -0.2) is 0 Å². The molecule has 0 spiro atoms. The number of hydrogen-bond acceptors (Lipinski definition) is 3. The molecule has 2 aromatic rings. The second kappa shape index (κ2) is 8.44. The fourth-order valence-electron chi connectivity index (χ4n) is 2.36. The molecule has 3 nitrogen and oxygen atoms in total. The van der Waals surface area contributed by atoms with Gasteiger partial charge < -0.3 is 9.42 Å². The van der Waals surface area contributed by atoms with Gasteiger partial charge in [-0.1, -0.05) is 64.1 Å². The van der Waals surface area contributed by atoms with Crippen molar-refractivity contribution in [3.63, 3.8) is 0 Å². The summed E-state index contributed by atoms with van der Waals surface area (Å²) in [6, 6.07) is 15.7. The molecular formula is C19H25O3P. The van der Waals surface area contributed by atoms with E-state index in [1.807, 2.05) is 18.2 Å². The first-order valence-electron chi connectivity index (χ1n) is 7.95. The van der Waals surface area contributed by atoms with Crippen LogP contribution in [-0.4, -0.2) is 4.89 Å². The topological polar surface area (TPSA) is 38.7 Å². The Kier molecular flexibility index (Phi) is 6.59. The number of para-hydroxylation sites is 1. The lowest BCUT2D eigenvalue weighted by molar-refractivity contribution is 0.250. The lowest BCUT2D eigenvalue weighted by atomic mass is 9.92. The van der Waals surface area contributed by atoms with Gasteiger partial charge in [0.1, 0.15) is 5.75 Å². The molecule has 2 aromatic carbocycles. The molecule has 1 atom stereocenters. The van der Waals surface area contributed by atoms with E-state index in [0.717, 1.165) is 5.56 Å². The third-order valence-electron chi connectivity index (χ3n) is 3.72. The van der Waals surface area contributed by atoms with Crippen LogP contribution in [0.3, 0.4) is 0 Å². The second-order valence-electron chi connectivity index (χ2n) is 6.18. The second-order valence-corrected chi connectivity index (χ2v) is 7.10. The van der Waals surface area contributed by atoms with E-state index in [1.54, 1.807) is 12.1 Å². The molecule has 124 valence electrons. The van der Waals surface area contributed by atoms with E-state index in [1.165, 1.54) is 11.1 Å². The average Bonchev–Trinajstić information content (AvgIpc) is 2.53. The zero-order chi connectivity index (χ0) is 16.8. The van der Waals surface area contributed by atoms with Gasteiger partial charge in [-0.3, -0.25) is 4.52 Å². The first kappa shape index (κ1) is 17.9. The predicted molar refractivity (Wildman–Crippen MR) is 95.6 cm³/mol. The Morgan fingerprint density at radius 1 is 0.957 bits per heavy atom. The van der Waals surface area contributed by atoms with E-state index in [2.05, 4.69) is 45.9 Å². The fraction of sp³-hybridized carbons (Fsp3) is 0.368. The van der Waals surface area contributed by atoms with Crippen molar-refractivity contribution in [2.24, 2.45) is 0 Å². The minimum Gasteiger partial charge on any atom is -0.427 e. The van der Waals surface area contributed by atoms with Crippen molar-refractivity contribution in [2.75, 3.05) is 0 Å². The Bertz CT molecular complexity index is 611. The van der Waals surface area contributed by atoms with Crippen LogP contribution in [0.2, 0.25) is 0 Å². The molecule has 0 aliphatic rings. The Balaban J connectivity index is 2.02. The molecular weight excluding hydrogens is 307 g/mol. The van der Waals surface area contributed by atoms with E-state index in [4.69, 9.17) is 9.05 Å². The van der Waals surface area contributed by atoms with Crippen molar-refractivity contribution in [1.29, 1.82) is 0 Å². The van der Waals surface area contributed by atoms with E-state index < -0.39 is 8.60 Å². The van der Waals surface area contributed by atoms with E-state index in [-0.39, 0.29) is 0 Å². The van der Waals surface area contributed by atoms with Crippen LogP contribution >= 0.6 is 8.60 Å². The summed E-state index contributed by atoms with van der Waals surface area (Å²) in [5, 5.41) is 0.